The molecule has 0 radical (unpaired) electrons. The number of thioether (sulfide) groups is 1. The molecular weight excluding hydrogens is 554 g/mol. The van der Waals surface area contributed by atoms with Crippen molar-refractivity contribution >= 4 is 45.4 Å². The fourth-order valence-electron chi connectivity index (χ4n) is 6.30. The molecule has 7 atom stereocenters. The number of likely N-dealkylation sites (tertiary alicyclic amines) is 1. The van der Waals surface area contributed by atoms with Gasteiger partial charge in [-0.05, 0) is 31.4 Å². The monoisotopic (exact) mass is 585 g/mol. The second-order valence-corrected chi connectivity index (χ2v) is 13.1. The number of nitrogens with zero attached hydrogens (tertiary/aromatic N) is 1. The van der Waals surface area contributed by atoms with Crippen molar-refractivity contribution in [3.8, 4) is 0 Å². The van der Waals surface area contributed by atoms with Crippen LogP contribution in [0.4, 0.5) is 0 Å². The highest BCUT2D eigenvalue weighted by atomic mass is 79.9. The van der Waals surface area contributed by atoms with E-state index in [0.29, 0.717) is 13.0 Å². The van der Waals surface area contributed by atoms with Crippen molar-refractivity contribution in [1.29, 1.82) is 0 Å². The van der Waals surface area contributed by atoms with Gasteiger partial charge in [-0.2, -0.15) is 0 Å². The van der Waals surface area contributed by atoms with E-state index < -0.39 is 28.7 Å². The highest BCUT2D eigenvalue weighted by molar-refractivity contribution is 9.09. The Labute approximate surface area is 229 Å². The molecule has 3 unspecified atom stereocenters. The molecular formula is C28H32BrN3O4S. The number of fused-ring (bicyclic) bond motifs is 1. The maximum atomic E-state index is 14.3. The predicted molar refractivity (Wildman–Crippen MR) is 147 cm³/mol. The van der Waals surface area contributed by atoms with Crippen LogP contribution in [0.1, 0.15) is 37.4 Å². The molecule has 3 saturated heterocycles. The van der Waals surface area contributed by atoms with Gasteiger partial charge in [-0.15, -0.1) is 11.8 Å². The SMILES string of the molecule is CC(C)NC(=O)C1N([C@H](CO)c2ccccc2)C(=O)[C@@H]2[C@H](C(=O)NCc3ccccc3)[C@H]3SC12CC3Br. The fourth-order valence-corrected chi connectivity index (χ4v) is 9.90. The number of alkyl halides is 1. The summed E-state index contributed by atoms with van der Waals surface area (Å²) < 4.78 is -0.758. The first-order chi connectivity index (χ1) is 17.8. The number of hydrogen-bond acceptors (Lipinski definition) is 5. The second kappa shape index (κ2) is 10.4. The van der Waals surface area contributed by atoms with E-state index in [-0.39, 0.29) is 40.4 Å². The lowest BCUT2D eigenvalue weighted by Crippen LogP contribution is -2.56. The van der Waals surface area contributed by atoms with Crippen LogP contribution < -0.4 is 10.6 Å². The highest BCUT2D eigenvalue weighted by Crippen LogP contribution is 2.68. The maximum absolute atomic E-state index is 14.3. The van der Waals surface area contributed by atoms with Crippen LogP contribution in [0.3, 0.4) is 0 Å². The van der Waals surface area contributed by atoms with Gasteiger partial charge in [-0.25, -0.2) is 0 Å². The number of aliphatic hydroxyl groups excluding tert-OH is 1. The first-order valence-corrected chi connectivity index (χ1v) is 14.5. The Morgan fingerprint density at radius 3 is 2.38 bits per heavy atom. The molecule has 3 heterocycles. The topological polar surface area (TPSA) is 98.7 Å². The molecule has 7 nitrogen and oxygen atoms in total. The molecule has 0 aromatic heterocycles. The van der Waals surface area contributed by atoms with Crippen molar-refractivity contribution in [2.45, 2.75) is 59.8 Å². The number of aliphatic hydroxyl groups is 1. The van der Waals surface area contributed by atoms with Crippen LogP contribution >= 0.6 is 27.7 Å². The van der Waals surface area contributed by atoms with Gasteiger partial charge in [0.05, 0.1) is 29.2 Å². The number of benzene rings is 2. The van der Waals surface area contributed by atoms with Gasteiger partial charge in [0.25, 0.3) is 0 Å². The Balaban J connectivity index is 1.52. The van der Waals surface area contributed by atoms with Crippen molar-refractivity contribution in [3.05, 3.63) is 71.8 Å². The molecule has 2 aromatic carbocycles. The second-order valence-electron chi connectivity index (χ2n) is 10.4. The van der Waals surface area contributed by atoms with Crippen molar-refractivity contribution in [3.63, 3.8) is 0 Å². The van der Waals surface area contributed by atoms with Gasteiger partial charge >= 0.3 is 0 Å². The third-order valence-electron chi connectivity index (χ3n) is 7.71. The maximum Gasteiger partial charge on any atom is 0.244 e. The minimum atomic E-state index is -0.799. The number of nitrogens with one attached hydrogen (secondary N) is 2. The molecule has 196 valence electrons. The van der Waals surface area contributed by atoms with Crippen molar-refractivity contribution in [2.75, 3.05) is 6.61 Å². The molecule has 9 heteroatoms. The Morgan fingerprint density at radius 2 is 1.76 bits per heavy atom. The quantitative estimate of drug-likeness (QED) is 0.414. The van der Waals surface area contributed by atoms with E-state index in [2.05, 4.69) is 26.6 Å². The standard InChI is InChI=1S/C28H32BrN3O4S/c1-16(2)31-26(35)24-28-13-19(29)23(37-28)21(25(34)30-14-17-9-5-3-6-10-17)22(28)27(36)32(24)20(15-33)18-11-7-4-8-12-18/h3-12,16,19-24,33H,13-15H2,1-2H3,(H,30,34)(H,31,35)/t19?,20-,21+,22+,23+,24?,28?/m1/s1. The fraction of sp³-hybridized carbons (Fsp3) is 0.464. The summed E-state index contributed by atoms with van der Waals surface area (Å²) in [6.45, 7) is 3.84. The van der Waals surface area contributed by atoms with Crippen molar-refractivity contribution in [2.24, 2.45) is 11.8 Å². The minimum absolute atomic E-state index is 0.00683. The molecule has 37 heavy (non-hydrogen) atoms. The van der Waals surface area contributed by atoms with Crippen LogP contribution in [0.25, 0.3) is 0 Å². The molecule has 3 aliphatic heterocycles. The van der Waals surface area contributed by atoms with E-state index in [0.717, 1.165) is 11.1 Å². The van der Waals surface area contributed by atoms with Crippen LogP contribution in [0.15, 0.2) is 60.7 Å². The largest absolute Gasteiger partial charge is 0.394 e. The van der Waals surface area contributed by atoms with Gasteiger partial charge in [0.15, 0.2) is 0 Å². The Morgan fingerprint density at radius 1 is 1.11 bits per heavy atom. The van der Waals surface area contributed by atoms with Gasteiger partial charge in [0, 0.05) is 22.7 Å². The molecule has 1 spiro atoms. The molecule has 3 N–H and O–H groups in total. The molecule has 5 rings (SSSR count). The molecule has 0 aliphatic carbocycles. The van der Waals surface area contributed by atoms with E-state index in [9.17, 15) is 19.5 Å². The van der Waals surface area contributed by atoms with Crippen LogP contribution in [-0.4, -0.2) is 61.2 Å². The van der Waals surface area contributed by atoms with Crippen LogP contribution in [0.2, 0.25) is 0 Å². The van der Waals surface area contributed by atoms with E-state index in [1.807, 2.05) is 74.5 Å². The normalized spacial score (nSPS) is 30.9. The number of halogens is 1. The Bertz CT molecular complexity index is 1170. The molecule has 2 bridgehead atoms. The average Bonchev–Trinajstić information content (AvgIpc) is 3.47. The Hall–Kier alpha value is -2.36. The minimum Gasteiger partial charge on any atom is -0.394 e. The first-order valence-electron chi connectivity index (χ1n) is 12.7. The van der Waals surface area contributed by atoms with Crippen LogP contribution in [-0.2, 0) is 20.9 Å². The summed E-state index contributed by atoms with van der Waals surface area (Å²) in [4.78, 5) is 43.2. The highest BCUT2D eigenvalue weighted by Gasteiger charge is 2.76. The summed E-state index contributed by atoms with van der Waals surface area (Å²) in [5, 5.41) is 16.4. The third kappa shape index (κ3) is 4.49. The van der Waals surface area contributed by atoms with E-state index in [1.165, 1.54) is 0 Å². The van der Waals surface area contributed by atoms with Gasteiger partial charge in [-0.1, -0.05) is 76.6 Å². The predicted octanol–water partition coefficient (Wildman–Crippen LogP) is 3.03. The Kier molecular flexibility index (Phi) is 7.40. The van der Waals surface area contributed by atoms with Crippen molar-refractivity contribution < 1.29 is 19.5 Å². The summed E-state index contributed by atoms with van der Waals surface area (Å²) >= 11 is 5.38. The number of amides is 3. The zero-order valence-electron chi connectivity index (χ0n) is 20.8. The first kappa shape index (κ1) is 26.3. The zero-order chi connectivity index (χ0) is 26.3. The van der Waals surface area contributed by atoms with E-state index in [1.54, 1.807) is 16.7 Å². The summed E-state index contributed by atoms with van der Waals surface area (Å²) in [6.07, 6.45) is 0.598. The van der Waals surface area contributed by atoms with E-state index in [4.69, 9.17) is 0 Å². The van der Waals surface area contributed by atoms with Crippen LogP contribution in [0, 0.1) is 11.8 Å². The van der Waals surface area contributed by atoms with Gasteiger partial charge in [0.2, 0.25) is 17.7 Å². The summed E-state index contributed by atoms with van der Waals surface area (Å²) in [5.41, 5.74) is 1.74. The molecule has 3 amide bonds. The van der Waals surface area contributed by atoms with Crippen molar-refractivity contribution in [1.82, 2.24) is 15.5 Å². The summed E-state index contributed by atoms with van der Waals surface area (Å²) in [7, 11) is 0. The summed E-state index contributed by atoms with van der Waals surface area (Å²) in [6, 6.07) is 17.4. The molecule has 3 fully saturated rings. The van der Waals surface area contributed by atoms with Gasteiger partial charge < -0.3 is 20.6 Å². The lowest BCUT2D eigenvalue weighted by Gasteiger charge is -2.37. The number of rotatable bonds is 8. The number of hydrogen-bond donors (Lipinski definition) is 3. The van der Waals surface area contributed by atoms with E-state index >= 15 is 0 Å². The number of carbonyl (C=O) groups is 3. The zero-order valence-corrected chi connectivity index (χ0v) is 23.2. The molecule has 3 aliphatic rings. The lowest BCUT2D eigenvalue weighted by atomic mass is 9.70. The average molecular weight is 587 g/mol. The van der Waals surface area contributed by atoms with Gasteiger partial charge in [-0.3, -0.25) is 14.4 Å². The van der Waals surface area contributed by atoms with Gasteiger partial charge in [0.1, 0.15) is 6.04 Å². The number of carbonyl (C=O) groups excluding carboxylic acids is 3. The lowest BCUT2D eigenvalue weighted by molar-refractivity contribution is -0.143. The molecule has 2 aromatic rings. The smallest absolute Gasteiger partial charge is 0.244 e. The van der Waals surface area contributed by atoms with Crippen LogP contribution in [0.5, 0.6) is 0 Å². The molecule has 0 saturated carbocycles. The summed E-state index contributed by atoms with van der Waals surface area (Å²) in [5.74, 6) is -1.86. The third-order valence-corrected chi connectivity index (χ3v) is 10.9.